The summed E-state index contributed by atoms with van der Waals surface area (Å²) in [5, 5.41) is 0. The third-order valence-electron chi connectivity index (χ3n) is 6.43. The molecule has 1 fully saturated rings. The maximum Gasteiger partial charge on any atom is 0.231 e. The van der Waals surface area contributed by atoms with Crippen LogP contribution in [0, 0.1) is 0 Å². The first-order valence-corrected chi connectivity index (χ1v) is 9.32. The molecule has 2 aliphatic carbocycles. The first kappa shape index (κ1) is 16.7. The number of hydrogen-bond acceptors (Lipinski definition) is 6. The summed E-state index contributed by atoms with van der Waals surface area (Å²) in [4.78, 5) is 15.0. The summed E-state index contributed by atoms with van der Waals surface area (Å²) in [5.74, 6) is 2.45. The normalized spacial score (nSPS) is 28.6. The Morgan fingerprint density at radius 3 is 2.89 bits per heavy atom. The molecular formula is C21H23NO5. The Labute approximate surface area is 158 Å². The number of benzene rings is 1. The number of ketones is 1. The molecule has 0 spiro atoms. The van der Waals surface area contributed by atoms with Gasteiger partial charge in [0.25, 0.3) is 0 Å². The van der Waals surface area contributed by atoms with Crippen molar-refractivity contribution in [2.45, 2.75) is 30.7 Å². The van der Waals surface area contributed by atoms with Crippen molar-refractivity contribution in [1.29, 1.82) is 0 Å². The Morgan fingerprint density at radius 1 is 1.26 bits per heavy atom. The van der Waals surface area contributed by atoms with E-state index in [1.807, 2.05) is 6.08 Å². The maximum absolute atomic E-state index is 12.6. The lowest BCUT2D eigenvalue weighted by Crippen LogP contribution is -2.49. The van der Waals surface area contributed by atoms with Crippen molar-refractivity contribution in [3.05, 3.63) is 40.7 Å². The van der Waals surface area contributed by atoms with Crippen molar-refractivity contribution in [2.75, 3.05) is 34.6 Å². The van der Waals surface area contributed by atoms with Gasteiger partial charge in [0.15, 0.2) is 17.3 Å². The zero-order chi connectivity index (χ0) is 18.8. The van der Waals surface area contributed by atoms with E-state index in [9.17, 15) is 4.79 Å². The molecule has 1 aromatic carbocycles. The van der Waals surface area contributed by atoms with Crippen LogP contribution in [0.3, 0.4) is 0 Å². The number of fused-ring (bicyclic) bond motifs is 2. The van der Waals surface area contributed by atoms with Gasteiger partial charge < -0.3 is 18.9 Å². The van der Waals surface area contributed by atoms with E-state index in [2.05, 4.69) is 18.0 Å². The largest absolute Gasteiger partial charge is 0.493 e. The van der Waals surface area contributed by atoms with Crippen LogP contribution >= 0.6 is 0 Å². The van der Waals surface area contributed by atoms with Gasteiger partial charge in [-0.15, -0.1) is 0 Å². The highest BCUT2D eigenvalue weighted by Gasteiger charge is 2.51. The molecule has 0 aromatic heterocycles. The standard InChI is InChI=1S/C21H23NO5/c1-22-7-6-21-10-17(24-2)15(23)9-13(21)14(22)5-4-12-8-16-19(27-11-26-16)20(25-3)18(12)21/h8-10,14H,4-7,11H2,1-3H3/t14-,21+/m1/s1. The maximum atomic E-state index is 12.6. The number of allylic oxidation sites excluding steroid dienone is 2. The monoisotopic (exact) mass is 369 g/mol. The highest BCUT2D eigenvalue weighted by atomic mass is 16.7. The molecular weight excluding hydrogens is 346 g/mol. The van der Waals surface area contributed by atoms with Gasteiger partial charge >= 0.3 is 0 Å². The number of rotatable bonds is 2. The minimum Gasteiger partial charge on any atom is -0.493 e. The number of aryl methyl sites for hydroxylation is 1. The van der Waals surface area contributed by atoms with Crippen LogP contribution in [0.4, 0.5) is 0 Å². The number of likely N-dealkylation sites (N-methyl/N-ethyl adjacent to an activating group) is 1. The van der Waals surface area contributed by atoms with Gasteiger partial charge in [0.05, 0.1) is 14.2 Å². The third kappa shape index (κ3) is 2.13. The number of hydrogen-bond donors (Lipinski definition) is 0. The molecule has 2 heterocycles. The second-order valence-corrected chi connectivity index (χ2v) is 7.61. The number of piperidine rings is 1. The molecule has 2 aliphatic heterocycles. The fraction of sp³-hybridized carbons (Fsp3) is 0.476. The predicted octanol–water partition coefficient (Wildman–Crippen LogP) is 2.35. The van der Waals surface area contributed by atoms with Crippen molar-refractivity contribution >= 4 is 5.78 Å². The van der Waals surface area contributed by atoms with Crippen molar-refractivity contribution in [1.82, 2.24) is 4.90 Å². The minimum atomic E-state index is -0.422. The van der Waals surface area contributed by atoms with Gasteiger partial charge in [-0.05, 0) is 62.2 Å². The quantitative estimate of drug-likeness (QED) is 0.798. The molecule has 2 bridgehead atoms. The van der Waals surface area contributed by atoms with Gasteiger partial charge in [-0.1, -0.05) is 0 Å². The number of likely N-dealkylation sites (tertiary alicyclic amines) is 1. The molecule has 4 aliphatic rings. The van der Waals surface area contributed by atoms with Crippen LogP contribution in [0.15, 0.2) is 29.6 Å². The Kier molecular flexibility index (Phi) is 3.56. The minimum absolute atomic E-state index is 0.0633. The highest BCUT2D eigenvalue weighted by Crippen LogP contribution is 2.57. The fourth-order valence-electron chi connectivity index (χ4n) is 5.19. The van der Waals surface area contributed by atoms with Gasteiger partial charge in [0, 0.05) is 17.0 Å². The molecule has 0 amide bonds. The molecule has 1 saturated heterocycles. The molecule has 0 unspecified atom stereocenters. The molecule has 5 rings (SSSR count). The molecule has 27 heavy (non-hydrogen) atoms. The first-order chi connectivity index (χ1) is 13.1. The molecule has 1 aromatic rings. The van der Waals surface area contributed by atoms with Crippen molar-refractivity contribution in [2.24, 2.45) is 0 Å². The number of methoxy groups -OCH3 is 2. The van der Waals surface area contributed by atoms with Crippen molar-refractivity contribution in [3.63, 3.8) is 0 Å². The molecule has 6 nitrogen and oxygen atoms in total. The summed E-state index contributed by atoms with van der Waals surface area (Å²) in [5.41, 5.74) is 3.01. The van der Waals surface area contributed by atoms with Crippen molar-refractivity contribution < 1.29 is 23.7 Å². The Bertz CT molecular complexity index is 902. The smallest absolute Gasteiger partial charge is 0.231 e. The van der Waals surface area contributed by atoms with E-state index in [4.69, 9.17) is 18.9 Å². The van der Waals surface area contributed by atoms with Gasteiger partial charge in [-0.3, -0.25) is 9.69 Å². The number of nitrogens with zero attached hydrogens (tertiary/aromatic N) is 1. The second-order valence-electron chi connectivity index (χ2n) is 7.61. The SMILES string of the molecule is COC1=C[C@]23CCN(C)[C@H](CCc4cc5c(c(OC)c42)OCO5)C3=CC1=O. The zero-order valence-electron chi connectivity index (χ0n) is 15.8. The van der Waals surface area contributed by atoms with E-state index < -0.39 is 5.41 Å². The Balaban J connectivity index is 1.84. The molecule has 0 radical (unpaired) electrons. The number of ether oxygens (including phenoxy) is 4. The summed E-state index contributed by atoms with van der Waals surface area (Å²) in [6.45, 7) is 1.13. The van der Waals surface area contributed by atoms with E-state index >= 15 is 0 Å². The Hall–Kier alpha value is -2.47. The van der Waals surface area contributed by atoms with E-state index in [0.29, 0.717) is 11.5 Å². The molecule has 142 valence electrons. The fourth-order valence-corrected chi connectivity index (χ4v) is 5.19. The number of carbonyl (C=O) groups is 1. The van der Waals surface area contributed by atoms with E-state index in [1.54, 1.807) is 20.3 Å². The lowest BCUT2D eigenvalue weighted by molar-refractivity contribution is -0.114. The third-order valence-corrected chi connectivity index (χ3v) is 6.43. The zero-order valence-corrected chi connectivity index (χ0v) is 15.8. The lowest BCUT2D eigenvalue weighted by atomic mass is 9.64. The predicted molar refractivity (Wildman–Crippen MR) is 98.3 cm³/mol. The van der Waals surface area contributed by atoms with Crippen LogP contribution in [0.5, 0.6) is 17.2 Å². The lowest BCUT2D eigenvalue weighted by Gasteiger charge is -2.47. The van der Waals surface area contributed by atoms with E-state index in [1.165, 1.54) is 5.56 Å². The summed E-state index contributed by atoms with van der Waals surface area (Å²) < 4.78 is 22.7. The second kappa shape index (κ2) is 5.76. The van der Waals surface area contributed by atoms with Crippen LogP contribution < -0.4 is 14.2 Å². The van der Waals surface area contributed by atoms with Gasteiger partial charge in [-0.25, -0.2) is 0 Å². The average Bonchev–Trinajstić information content (AvgIpc) is 3.11. The topological polar surface area (TPSA) is 57.2 Å². The highest BCUT2D eigenvalue weighted by molar-refractivity contribution is 6.05. The summed E-state index contributed by atoms with van der Waals surface area (Å²) >= 11 is 0. The molecule has 0 N–H and O–H groups in total. The number of carbonyl (C=O) groups excluding carboxylic acids is 1. The Morgan fingerprint density at radius 2 is 2.11 bits per heavy atom. The molecule has 6 heteroatoms. The van der Waals surface area contributed by atoms with Gasteiger partial charge in [0.2, 0.25) is 18.3 Å². The van der Waals surface area contributed by atoms with Gasteiger partial charge in [-0.2, -0.15) is 0 Å². The van der Waals surface area contributed by atoms with E-state index in [-0.39, 0.29) is 18.6 Å². The average molecular weight is 369 g/mol. The summed E-state index contributed by atoms with van der Waals surface area (Å²) in [7, 11) is 5.36. The van der Waals surface area contributed by atoms with Crippen molar-refractivity contribution in [3.8, 4) is 17.2 Å². The van der Waals surface area contributed by atoms with Gasteiger partial charge in [0.1, 0.15) is 0 Å². The van der Waals surface area contributed by atoms with Crippen LogP contribution in [0.2, 0.25) is 0 Å². The molecule has 0 saturated carbocycles. The summed E-state index contributed by atoms with van der Waals surface area (Å²) in [6.07, 6.45) is 6.50. The van der Waals surface area contributed by atoms with Crippen LogP contribution in [0.25, 0.3) is 0 Å². The molecule has 2 atom stereocenters. The van der Waals surface area contributed by atoms with Crippen LogP contribution in [0.1, 0.15) is 24.0 Å². The van der Waals surface area contributed by atoms with Crippen LogP contribution in [-0.4, -0.2) is 51.3 Å². The summed E-state index contributed by atoms with van der Waals surface area (Å²) in [6, 6.07) is 2.30. The van der Waals surface area contributed by atoms with E-state index in [0.717, 1.165) is 48.4 Å². The first-order valence-electron chi connectivity index (χ1n) is 9.32. The van der Waals surface area contributed by atoms with Crippen LogP contribution in [-0.2, 0) is 21.4 Å².